The standard InChI is InChI=1S/C75H146O17P2/c1-5-9-13-17-21-25-28-30-32-33-34-35-37-39-42-46-50-54-58-62-75(80)92-71(66-86-73(78)60-56-52-48-44-41-38-36-31-29-26-22-18-14-10-6-2)68-90-94(83,84)88-64-69(76)63-87-93(81,82)89-67-70(65-85-72(77)59-55-51-47-43-24-20-16-12-8-4)91-74(79)61-57-53-49-45-40-27-23-19-15-11-7-3/h69-71,76H,5-68H2,1-4H3,(H,81,82)(H,83,84)/t69-,70+,71+/m0/s1. The molecule has 0 rings (SSSR count). The van der Waals surface area contributed by atoms with E-state index in [2.05, 4.69) is 27.7 Å². The molecule has 0 aliphatic heterocycles. The van der Waals surface area contributed by atoms with E-state index in [4.69, 9.17) is 37.0 Å². The summed E-state index contributed by atoms with van der Waals surface area (Å²) >= 11 is 0. The van der Waals surface area contributed by atoms with Gasteiger partial charge in [0, 0.05) is 25.7 Å². The minimum absolute atomic E-state index is 0.107. The van der Waals surface area contributed by atoms with E-state index in [1.165, 1.54) is 231 Å². The van der Waals surface area contributed by atoms with E-state index in [0.717, 1.165) is 89.9 Å². The van der Waals surface area contributed by atoms with Gasteiger partial charge >= 0.3 is 39.5 Å². The SMILES string of the molecule is CCCCCCCCCCCCCCCCCCCCCC(=O)O[C@H](COC(=O)CCCCCCCCCCCCCCCCC)COP(=O)(O)OC[C@@H](O)COP(=O)(O)OC[C@@H](COC(=O)CCCCCCCCCCC)OC(=O)CCCCCCCCCCCCC. The van der Waals surface area contributed by atoms with Crippen LogP contribution in [0.2, 0.25) is 0 Å². The van der Waals surface area contributed by atoms with Crippen molar-refractivity contribution in [3.05, 3.63) is 0 Å². The molecule has 17 nitrogen and oxygen atoms in total. The molecular weight excluding hydrogens is 1230 g/mol. The Bertz CT molecular complexity index is 1790. The lowest BCUT2D eigenvalue weighted by atomic mass is 10.0. The first-order valence-corrected chi connectivity index (χ1v) is 42.3. The minimum atomic E-state index is -4.95. The summed E-state index contributed by atoms with van der Waals surface area (Å²) in [5, 5.41) is 10.6. The van der Waals surface area contributed by atoms with Crippen LogP contribution in [0.15, 0.2) is 0 Å². The van der Waals surface area contributed by atoms with Crippen molar-refractivity contribution in [2.24, 2.45) is 0 Å². The third-order valence-electron chi connectivity index (χ3n) is 17.6. The molecule has 5 atom stereocenters. The van der Waals surface area contributed by atoms with Crippen molar-refractivity contribution in [3.63, 3.8) is 0 Å². The Labute approximate surface area is 575 Å². The maximum absolute atomic E-state index is 13.1. The van der Waals surface area contributed by atoms with Crippen LogP contribution >= 0.6 is 15.6 Å². The summed E-state index contributed by atoms with van der Waals surface area (Å²) in [6.45, 7) is 4.97. The van der Waals surface area contributed by atoms with E-state index in [9.17, 15) is 43.2 Å². The van der Waals surface area contributed by atoms with Crippen molar-refractivity contribution in [1.82, 2.24) is 0 Å². The Morgan fingerprint density at radius 1 is 0.255 bits per heavy atom. The van der Waals surface area contributed by atoms with Gasteiger partial charge in [-0.3, -0.25) is 37.3 Å². The molecule has 0 aromatic rings. The number of hydrogen-bond donors (Lipinski definition) is 3. The molecule has 0 bridgehead atoms. The van der Waals surface area contributed by atoms with Crippen molar-refractivity contribution < 1.29 is 80.2 Å². The molecule has 0 aliphatic carbocycles. The first-order valence-electron chi connectivity index (χ1n) is 39.3. The molecule has 19 heteroatoms. The highest BCUT2D eigenvalue weighted by Gasteiger charge is 2.30. The third-order valence-corrected chi connectivity index (χ3v) is 19.5. The van der Waals surface area contributed by atoms with Gasteiger partial charge in [-0.2, -0.15) is 0 Å². The Hall–Kier alpha value is -1.94. The molecule has 2 unspecified atom stereocenters. The van der Waals surface area contributed by atoms with Crippen molar-refractivity contribution in [2.75, 3.05) is 39.6 Å². The second-order valence-corrected chi connectivity index (χ2v) is 29.9. The second-order valence-electron chi connectivity index (χ2n) is 27.0. The Morgan fingerprint density at radius 3 is 0.628 bits per heavy atom. The highest BCUT2D eigenvalue weighted by molar-refractivity contribution is 7.47. The van der Waals surface area contributed by atoms with Gasteiger partial charge < -0.3 is 33.8 Å². The van der Waals surface area contributed by atoms with Gasteiger partial charge in [0.15, 0.2) is 12.2 Å². The van der Waals surface area contributed by atoms with E-state index in [-0.39, 0.29) is 25.7 Å². The first-order chi connectivity index (χ1) is 45.7. The lowest BCUT2D eigenvalue weighted by molar-refractivity contribution is -0.161. The molecule has 0 radical (unpaired) electrons. The minimum Gasteiger partial charge on any atom is -0.462 e. The number of esters is 4. The quantitative estimate of drug-likeness (QED) is 0.0222. The van der Waals surface area contributed by atoms with Crippen molar-refractivity contribution >= 4 is 39.5 Å². The number of ether oxygens (including phenoxy) is 4. The van der Waals surface area contributed by atoms with Gasteiger partial charge in [-0.05, 0) is 25.7 Å². The maximum atomic E-state index is 13.1. The summed E-state index contributed by atoms with van der Waals surface area (Å²) in [5.74, 6) is -2.11. The molecule has 94 heavy (non-hydrogen) atoms. The molecule has 0 amide bonds. The van der Waals surface area contributed by atoms with Crippen LogP contribution in [0.4, 0.5) is 0 Å². The number of unbranched alkanes of at least 4 members (excludes halogenated alkanes) is 50. The van der Waals surface area contributed by atoms with Gasteiger partial charge in [0.05, 0.1) is 26.4 Å². The Kier molecular flexibility index (Phi) is 68.1. The second kappa shape index (κ2) is 69.5. The molecular formula is C75H146O17P2. The van der Waals surface area contributed by atoms with E-state index in [1.54, 1.807) is 0 Å². The van der Waals surface area contributed by atoms with Crippen molar-refractivity contribution in [2.45, 2.75) is 418 Å². The van der Waals surface area contributed by atoms with Crippen LogP contribution in [0.25, 0.3) is 0 Å². The van der Waals surface area contributed by atoms with Crippen LogP contribution in [-0.4, -0.2) is 96.7 Å². The predicted octanol–water partition coefficient (Wildman–Crippen LogP) is 22.2. The third kappa shape index (κ3) is 68.6. The maximum Gasteiger partial charge on any atom is 0.472 e. The molecule has 0 aromatic carbocycles. The van der Waals surface area contributed by atoms with Crippen LogP contribution < -0.4 is 0 Å². The van der Waals surface area contributed by atoms with Gasteiger partial charge in [0.25, 0.3) is 0 Å². The zero-order valence-electron chi connectivity index (χ0n) is 60.9. The van der Waals surface area contributed by atoms with Gasteiger partial charge in [-0.25, -0.2) is 9.13 Å². The number of carbonyl (C=O) groups excluding carboxylic acids is 4. The number of phosphoric ester groups is 2. The Balaban J connectivity index is 5.20. The topological polar surface area (TPSA) is 237 Å². The molecule has 0 fully saturated rings. The van der Waals surface area contributed by atoms with Gasteiger partial charge in [0.1, 0.15) is 19.3 Å². The highest BCUT2D eigenvalue weighted by Crippen LogP contribution is 2.45. The largest absolute Gasteiger partial charge is 0.472 e. The zero-order chi connectivity index (χ0) is 69.0. The fourth-order valence-electron chi connectivity index (χ4n) is 11.6. The van der Waals surface area contributed by atoms with Crippen LogP contribution in [0, 0.1) is 0 Å². The van der Waals surface area contributed by atoms with Crippen LogP contribution in [0.5, 0.6) is 0 Å². The molecule has 0 aliphatic rings. The zero-order valence-corrected chi connectivity index (χ0v) is 62.7. The normalized spacial score (nSPS) is 13.9. The smallest absolute Gasteiger partial charge is 0.462 e. The molecule has 0 spiro atoms. The summed E-state index contributed by atoms with van der Waals surface area (Å²) in [4.78, 5) is 72.7. The number of aliphatic hydroxyl groups excluding tert-OH is 1. The molecule has 558 valence electrons. The monoisotopic (exact) mass is 1380 g/mol. The summed E-state index contributed by atoms with van der Waals surface area (Å²) in [7, 11) is -9.90. The number of phosphoric acid groups is 2. The number of carbonyl (C=O) groups is 4. The molecule has 0 heterocycles. The average Bonchev–Trinajstić information content (AvgIpc) is 2.88. The van der Waals surface area contributed by atoms with Crippen molar-refractivity contribution in [3.8, 4) is 0 Å². The average molecular weight is 1380 g/mol. The Morgan fingerprint density at radius 2 is 0.426 bits per heavy atom. The van der Waals surface area contributed by atoms with Gasteiger partial charge in [-0.15, -0.1) is 0 Å². The summed E-state index contributed by atoms with van der Waals surface area (Å²) in [6, 6.07) is 0. The number of rotatable bonds is 76. The van der Waals surface area contributed by atoms with E-state index < -0.39 is 97.5 Å². The van der Waals surface area contributed by atoms with Gasteiger partial charge in [0.2, 0.25) is 0 Å². The summed E-state index contributed by atoms with van der Waals surface area (Å²) in [5.41, 5.74) is 0. The van der Waals surface area contributed by atoms with Crippen LogP contribution in [0.1, 0.15) is 400 Å². The lowest BCUT2D eigenvalue weighted by Gasteiger charge is -2.21. The molecule has 3 N–H and O–H groups in total. The highest BCUT2D eigenvalue weighted by atomic mass is 31.2. The molecule has 0 aromatic heterocycles. The number of aliphatic hydroxyl groups is 1. The fourth-order valence-corrected chi connectivity index (χ4v) is 13.2. The van der Waals surface area contributed by atoms with Crippen molar-refractivity contribution in [1.29, 1.82) is 0 Å². The predicted molar refractivity (Wildman–Crippen MR) is 382 cm³/mol. The van der Waals surface area contributed by atoms with E-state index in [1.807, 2.05) is 0 Å². The van der Waals surface area contributed by atoms with Crippen LogP contribution in [0.3, 0.4) is 0 Å². The first kappa shape index (κ1) is 92.1. The van der Waals surface area contributed by atoms with Gasteiger partial charge in [-0.1, -0.05) is 349 Å². The summed E-state index contributed by atoms with van der Waals surface area (Å²) in [6.07, 6.45) is 59.6. The molecule has 0 saturated heterocycles. The van der Waals surface area contributed by atoms with E-state index in [0.29, 0.717) is 25.7 Å². The lowest BCUT2D eigenvalue weighted by Crippen LogP contribution is -2.30. The summed E-state index contributed by atoms with van der Waals surface area (Å²) < 4.78 is 68.4. The number of hydrogen-bond acceptors (Lipinski definition) is 15. The fraction of sp³-hybridized carbons (Fsp3) is 0.947. The molecule has 0 saturated carbocycles. The van der Waals surface area contributed by atoms with Crippen LogP contribution in [-0.2, 0) is 65.4 Å². The van der Waals surface area contributed by atoms with E-state index >= 15 is 0 Å².